The van der Waals surface area contributed by atoms with Gasteiger partial charge >= 0.3 is 0 Å². The topological polar surface area (TPSA) is 101 Å². The Kier molecular flexibility index (Phi) is 5.24. The lowest BCUT2D eigenvalue weighted by Crippen LogP contribution is -2.41. The van der Waals surface area contributed by atoms with Gasteiger partial charge in [0.1, 0.15) is 10.7 Å². The summed E-state index contributed by atoms with van der Waals surface area (Å²) in [6, 6.07) is 0. The van der Waals surface area contributed by atoms with Crippen molar-refractivity contribution in [1.82, 2.24) is 30.4 Å². The molecule has 1 aliphatic rings. The van der Waals surface area contributed by atoms with E-state index in [0.717, 1.165) is 34.5 Å². The highest BCUT2D eigenvalue weighted by Gasteiger charge is 2.24. The molecular formula is C18H22N6O2S2. The van der Waals surface area contributed by atoms with Crippen LogP contribution in [0.2, 0.25) is 0 Å². The standard InChI is InChI=1S/C18H22N6O2S2/c1-9(2)15-19-17-14(11-6-4-5-7-12(11)28-17)16-22-23-18(24(15)16)27-8-13(26)21-20-10(3)25/h9H,4-8H2,1-3H3,(H,20,25)(H,21,26). The van der Waals surface area contributed by atoms with E-state index in [2.05, 4.69) is 34.9 Å². The maximum Gasteiger partial charge on any atom is 0.248 e. The van der Waals surface area contributed by atoms with E-state index in [9.17, 15) is 9.59 Å². The van der Waals surface area contributed by atoms with Crippen molar-refractivity contribution in [3.05, 3.63) is 16.3 Å². The lowest BCUT2D eigenvalue weighted by atomic mass is 9.97. The molecule has 2 N–H and O–H groups in total. The Bertz CT molecular complexity index is 1070. The second kappa shape index (κ2) is 7.67. The van der Waals surface area contributed by atoms with Crippen LogP contribution in [0.25, 0.3) is 15.9 Å². The van der Waals surface area contributed by atoms with Crippen molar-refractivity contribution in [1.29, 1.82) is 0 Å². The van der Waals surface area contributed by atoms with Crippen molar-refractivity contribution in [2.24, 2.45) is 0 Å². The maximum atomic E-state index is 11.9. The van der Waals surface area contributed by atoms with Crippen LogP contribution in [0.3, 0.4) is 0 Å². The molecule has 0 radical (unpaired) electrons. The molecule has 148 valence electrons. The minimum atomic E-state index is -0.317. The summed E-state index contributed by atoms with van der Waals surface area (Å²) >= 11 is 3.07. The second-order valence-electron chi connectivity index (χ2n) is 7.18. The average Bonchev–Trinajstić information content (AvgIpc) is 3.24. The first-order valence-electron chi connectivity index (χ1n) is 9.33. The maximum absolute atomic E-state index is 11.9. The molecule has 8 nitrogen and oxygen atoms in total. The Labute approximate surface area is 170 Å². The van der Waals surface area contributed by atoms with E-state index in [0.29, 0.717) is 5.16 Å². The molecule has 0 atom stereocenters. The van der Waals surface area contributed by atoms with Crippen molar-refractivity contribution < 1.29 is 9.59 Å². The minimum absolute atomic E-state index is 0.123. The van der Waals surface area contributed by atoms with Crippen molar-refractivity contribution in [2.45, 2.75) is 57.5 Å². The number of carbonyl (C=O) groups excluding carboxylic acids is 2. The largest absolute Gasteiger partial charge is 0.274 e. The molecule has 4 rings (SSSR count). The Balaban J connectivity index is 1.74. The highest BCUT2D eigenvalue weighted by molar-refractivity contribution is 7.99. The van der Waals surface area contributed by atoms with E-state index in [4.69, 9.17) is 4.98 Å². The smallest absolute Gasteiger partial charge is 0.248 e. The van der Waals surface area contributed by atoms with Gasteiger partial charge in [0.15, 0.2) is 10.8 Å². The summed E-state index contributed by atoms with van der Waals surface area (Å²) in [7, 11) is 0. The van der Waals surface area contributed by atoms with Crippen LogP contribution in [0.1, 0.15) is 55.8 Å². The number of thioether (sulfide) groups is 1. The van der Waals surface area contributed by atoms with Crippen LogP contribution in [-0.2, 0) is 22.4 Å². The first-order valence-corrected chi connectivity index (χ1v) is 11.1. The van der Waals surface area contributed by atoms with Crippen LogP contribution < -0.4 is 10.9 Å². The number of rotatable bonds is 4. The van der Waals surface area contributed by atoms with Gasteiger partial charge in [-0.25, -0.2) is 4.98 Å². The molecular weight excluding hydrogens is 396 g/mol. The van der Waals surface area contributed by atoms with E-state index < -0.39 is 0 Å². The van der Waals surface area contributed by atoms with E-state index in [1.165, 1.54) is 42.0 Å². The summed E-state index contributed by atoms with van der Waals surface area (Å²) in [5.41, 5.74) is 6.86. The van der Waals surface area contributed by atoms with Gasteiger partial charge in [-0.05, 0) is 31.2 Å². The Morgan fingerprint density at radius 2 is 2.00 bits per heavy atom. The van der Waals surface area contributed by atoms with E-state index >= 15 is 0 Å². The Hall–Kier alpha value is -2.20. The van der Waals surface area contributed by atoms with Gasteiger partial charge in [0.25, 0.3) is 0 Å². The molecule has 10 heteroatoms. The average molecular weight is 419 g/mol. The van der Waals surface area contributed by atoms with Crippen LogP contribution in [0, 0.1) is 0 Å². The van der Waals surface area contributed by atoms with Gasteiger partial charge in [-0.15, -0.1) is 21.5 Å². The predicted octanol–water partition coefficient (Wildman–Crippen LogP) is 2.60. The summed E-state index contributed by atoms with van der Waals surface area (Å²) in [6.45, 7) is 5.53. The third-order valence-corrected chi connectivity index (χ3v) is 6.80. The molecule has 0 saturated heterocycles. The molecule has 0 aromatic carbocycles. The number of nitrogens with zero attached hydrogens (tertiary/aromatic N) is 4. The fourth-order valence-corrected chi connectivity index (χ4v) is 5.46. The number of nitrogens with one attached hydrogen (secondary N) is 2. The fourth-order valence-electron chi connectivity index (χ4n) is 3.46. The molecule has 0 saturated carbocycles. The molecule has 1 aliphatic carbocycles. The van der Waals surface area contributed by atoms with E-state index in [1.807, 2.05) is 4.40 Å². The van der Waals surface area contributed by atoms with Gasteiger partial charge < -0.3 is 0 Å². The monoisotopic (exact) mass is 418 g/mol. The molecule has 2 amide bonds. The zero-order valence-corrected chi connectivity index (χ0v) is 17.7. The van der Waals surface area contributed by atoms with Gasteiger partial charge in [-0.2, -0.15) is 0 Å². The summed E-state index contributed by atoms with van der Waals surface area (Å²) in [6.07, 6.45) is 4.58. The van der Waals surface area contributed by atoms with Crippen molar-refractivity contribution >= 4 is 50.8 Å². The molecule has 3 aromatic rings. The van der Waals surface area contributed by atoms with Crippen LogP contribution in [-0.4, -0.2) is 37.1 Å². The number of fused-ring (bicyclic) bond motifs is 5. The molecule has 28 heavy (non-hydrogen) atoms. The first kappa shape index (κ1) is 19.1. The first-order chi connectivity index (χ1) is 13.5. The molecule has 0 bridgehead atoms. The van der Waals surface area contributed by atoms with Gasteiger partial charge in [-0.1, -0.05) is 25.6 Å². The number of hydrazine groups is 1. The lowest BCUT2D eigenvalue weighted by Gasteiger charge is -2.12. The quantitative estimate of drug-likeness (QED) is 0.499. The number of aromatic nitrogens is 4. The number of hydrogen-bond acceptors (Lipinski definition) is 7. The third-order valence-electron chi connectivity index (χ3n) is 4.68. The number of aryl methyl sites for hydroxylation is 2. The van der Waals surface area contributed by atoms with Crippen molar-refractivity contribution in [3.8, 4) is 0 Å². The third kappa shape index (κ3) is 3.46. The molecule has 3 aromatic heterocycles. The highest BCUT2D eigenvalue weighted by atomic mass is 32.2. The predicted molar refractivity (Wildman–Crippen MR) is 110 cm³/mol. The zero-order chi connectivity index (χ0) is 19.8. The molecule has 0 fully saturated rings. The highest BCUT2D eigenvalue weighted by Crippen LogP contribution is 2.39. The number of carbonyl (C=O) groups is 2. The van der Waals surface area contributed by atoms with Crippen LogP contribution in [0.4, 0.5) is 0 Å². The summed E-state index contributed by atoms with van der Waals surface area (Å²) < 4.78 is 1.99. The molecule has 0 spiro atoms. The van der Waals surface area contributed by atoms with Gasteiger partial charge in [0.2, 0.25) is 11.8 Å². The van der Waals surface area contributed by atoms with Crippen LogP contribution in [0.15, 0.2) is 5.16 Å². The fraction of sp³-hybridized carbons (Fsp3) is 0.500. The van der Waals surface area contributed by atoms with Gasteiger partial charge in [-0.3, -0.25) is 24.8 Å². The van der Waals surface area contributed by atoms with Gasteiger partial charge in [0, 0.05) is 17.7 Å². The lowest BCUT2D eigenvalue weighted by molar-refractivity contribution is -0.126. The Morgan fingerprint density at radius 1 is 1.21 bits per heavy atom. The molecule has 0 aliphatic heterocycles. The number of amides is 2. The van der Waals surface area contributed by atoms with Crippen molar-refractivity contribution in [2.75, 3.05) is 5.75 Å². The normalized spacial score (nSPS) is 13.9. The van der Waals surface area contributed by atoms with Gasteiger partial charge in [0.05, 0.1) is 11.1 Å². The summed E-state index contributed by atoms with van der Waals surface area (Å²) in [5.74, 6) is 0.593. The summed E-state index contributed by atoms with van der Waals surface area (Å²) in [4.78, 5) is 30.3. The number of hydrogen-bond donors (Lipinski definition) is 2. The minimum Gasteiger partial charge on any atom is -0.274 e. The Morgan fingerprint density at radius 3 is 2.75 bits per heavy atom. The van der Waals surface area contributed by atoms with Crippen LogP contribution >= 0.6 is 23.1 Å². The SMILES string of the molecule is CC(=O)NNC(=O)CSc1nnc2c3c4c(sc3nc(C(C)C)n12)CCCC4. The van der Waals surface area contributed by atoms with Crippen LogP contribution in [0.5, 0.6) is 0 Å². The second-order valence-corrected chi connectivity index (χ2v) is 9.20. The molecule has 0 unspecified atom stereocenters. The summed E-state index contributed by atoms with van der Waals surface area (Å²) in [5, 5.41) is 10.6. The molecule has 3 heterocycles. The van der Waals surface area contributed by atoms with E-state index in [-0.39, 0.29) is 23.5 Å². The number of thiophene rings is 1. The van der Waals surface area contributed by atoms with Crippen molar-refractivity contribution in [3.63, 3.8) is 0 Å². The van der Waals surface area contributed by atoms with E-state index in [1.54, 1.807) is 11.3 Å². The zero-order valence-electron chi connectivity index (χ0n) is 16.0.